The van der Waals surface area contributed by atoms with E-state index in [9.17, 15) is 4.79 Å². The molecule has 2 N–H and O–H groups in total. The van der Waals surface area contributed by atoms with Crippen LogP contribution in [-0.2, 0) is 4.79 Å². The number of oxime groups is 1. The van der Waals surface area contributed by atoms with Crippen molar-refractivity contribution in [2.45, 2.75) is 6.92 Å². The number of hydrogen-bond acceptors (Lipinski definition) is 5. The first-order valence-electron chi connectivity index (χ1n) is 7.11. The molecule has 0 aliphatic heterocycles. The molecule has 134 valence electrons. The van der Waals surface area contributed by atoms with Gasteiger partial charge < -0.3 is 15.3 Å². The highest BCUT2D eigenvalue weighted by Crippen LogP contribution is 2.15. The van der Waals surface area contributed by atoms with Crippen LogP contribution in [0, 0.1) is 0 Å². The maximum absolute atomic E-state index is 11.5. The molecule has 0 aliphatic rings. The molecule has 0 radical (unpaired) electrons. The highest BCUT2D eigenvalue weighted by Gasteiger charge is 2.12. The lowest BCUT2D eigenvalue weighted by Gasteiger charge is -2.04. The van der Waals surface area contributed by atoms with Crippen LogP contribution >= 0.6 is 25.1 Å². The quantitative estimate of drug-likeness (QED) is 0.456. The minimum Gasteiger partial charge on any atom is -0.472 e. The van der Waals surface area contributed by atoms with Crippen molar-refractivity contribution in [3.05, 3.63) is 53.2 Å². The molecule has 9 heteroatoms. The predicted molar refractivity (Wildman–Crippen MR) is 101 cm³/mol. The minimum atomic E-state index is -0.474. The average molecular weight is 383 g/mol. The molecule has 0 unspecified atom stereocenters. The molecule has 0 bridgehead atoms. The van der Waals surface area contributed by atoms with Crippen molar-refractivity contribution < 1.29 is 14.7 Å². The maximum Gasteiger partial charge on any atom is 0.273 e. The first kappa shape index (κ1) is 20.6. The zero-order valence-electron chi connectivity index (χ0n) is 13.7. The molecule has 0 saturated carbocycles. The van der Waals surface area contributed by atoms with E-state index in [0.29, 0.717) is 16.5 Å². The lowest BCUT2D eigenvalue weighted by atomic mass is 10.1. The number of benzene rings is 1. The van der Waals surface area contributed by atoms with E-state index in [1.165, 1.54) is 7.05 Å². The van der Waals surface area contributed by atoms with Gasteiger partial charge in [-0.15, -0.1) is 5.10 Å². The lowest BCUT2D eigenvalue weighted by molar-refractivity contribution is -0.114. The molecule has 2 rings (SSSR count). The smallest absolute Gasteiger partial charge is 0.273 e. The molecule has 0 fully saturated rings. The van der Waals surface area contributed by atoms with Gasteiger partial charge in [-0.1, -0.05) is 16.8 Å². The fourth-order valence-corrected chi connectivity index (χ4v) is 2.02. The van der Waals surface area contributed by atoms with Crippen molar-refractivity contribution in [2.24, 2.45) is 5.16 Å². The fourth-order valence-electron chi connectivity index (χ4n) is 1.89. The van der Waals surface area contributed by atoms with Gasteiger partial charge in [-0.05, 0) is 42.8 Å². The molecule has 0 atom stereocenters. The predicted octanol–water partition coefficient (Wildman–Crippen LogP) is 2.54. The van der Waals surface area contributed by atoms with E-state index in [1.807, 2.05) is 12.1 Å². The Morgan fingerprint density at radius 3 is 2.68 bits per heavy atom. The van der Waals surface area contributed by atoms with Crippen LogP contribution in [0.1, 0.15) is 6.92 Å². The van der Waals surface area contributed by atoms with Crippen molar-refractivity contribution in [1.29, 1.82) is 0 Å². The van der Waals surface area contributed by atoms with Crippen LogP contribution in [0.5, 0.6) is 5.88 Å². The summed E-state index contributed by atoms with van der Waals surface area (Å²) in [6, 6.07) is 8.96. The Morgan fingerprint density at radius 1 is 1.40 bits per heavy atom. The fraction of sp³-hybridized carbons (Fsp3) is 0.188. The van der Waals surface area contributed by atoms with E-state index >= 15 is 0 Å². The zero-order chi connectivity index (χ0) is 17.5. The van der Waals surface area contributed by atoms with E-state index < -0.39 is 5.91 Å². The van der Waals surface area contributed by atoms with Gasteiger partial charge in [0.2, 0.25) is 5.88 Å². The Hall–Kier alpha value is -2.45. The summed E-state index contributed by atoms with van der Waals surface area (Å²) < 4.78 is 7.17. The van der Waals surface area contributed by atoms with Crippen molar-refractivity contribution in [3.8, 4) is 11.6 Å². The SMILES string of the molecule is CNC(=O)C(=N/O)/C(C)=C\COc1ccn(-c2ccc(Cl)cc2)n1.S. The van der Waals surface area contributed by atoms with Crippen molar-refractivity contribution in [1.82, 2.24) is 15.1 Å². The zero-order valence-corrected chi connectivity index (χ0v) is 15.5. The molecular formula is C16H19ClN4O3S. The number of nitrogens with one attached hydrogen (secondary N) is 1. The van der Waals surface area contributed by atoms with Crippen LogP contribution in [0.2, 0.25) is 5.02 Å². The number of rotatable bonds is 6. The topological polar surface area (TPSA) is 88.7 Å². The number of hydrogen-bond donors (Lipinski definition) is 2. The molecule has 1 heterocycles. The molecule has 1 amide bonds. The van der Waals surface area contributed by atoms with Crippen LogP contribution in [0.15, 0.2) is 53.3 Å². The third-order valence-electron chi connectivity index (χ3n) is 3.19. The number of ether oxygens (including phenoxy) is 1. The number of aromatic nitrogens is 2. The first-order valence-corrected chi connectivity index (χ1v) is 7.48. The molecule has 1 aromatic carbocycles. The Morgan fingerprint density at radius 2 is 2.08 bits per heavy atom. The van der Waals surface area contributed by atoms with Crippen LogP contribution in [0.3, 0.4) is 0 Å². The molecular weight excluding hydrogens is 364 g/mol. The summed E-state index contributed by atoms with van der Waals surface area (Å²) >= 11 is 5.86. The van der Waals surface area contributed by atoms with Crippen molar-refractivity contribution >= 4 is 36.7 Å². The summed E-state index contributed by atoms with van der Waals surface area (Å²) in [4.78, 5) is 11.5. The summed E-state index contributed by atoms with van der Waals surface area (Å²) in [7, 11) is 1.46. The average Bonchev–Trinajstić information content (AvgIpc) is 3.04. The molecule has 25 heavy (non-hydrogen) atoms. The Kier molecular flexibility index (Phi) is 8.03. The van der Waals surface area contributed by atoms with Gasteiger partial charge in [0.25, 0.3) is 5.91 Å². The highest BCUT2D eigenvalue weighted by atomic mass is 35.5. The van der Waals surface area contributed by atoms with E-state index in [4.69, 9.17) is 21.5 Å². The van der Waals surface area contributed by atoms with Crippen LogP contribution in [0.25, 0.3) is 5.69 Å². The molecule has 0 spiro atoms. The molecule has 7 nitrogen and oxygen atoms in total. The third-order valence-corrected chi connectivity index (χ3v) is 3.44. The van der Waals surface area contributed by atoms with Crippen molar-refractivity contribution in [3.63, 3.8) is 0 Å². The van der Waals surface area contributed by atoms with Gasteiger partial charge in [0, 0.05) is 24.3 Å². The second-order valence-electron chi connectivity index (χ2n) is 4.80. The van der Waals surface area contributed by atoms with Gasteiger partial charge in [-0.25, -0.2) is 4.68 Å². The monoisotopic (exact) mass is 382 g/mol. The Balaban J connectivity index is 0.00000312. The minimum absolute atomic E-state index is 0. The van der Waals surface area contributed by atoms with Crippen LogP contribution in [0.4, 0.5) is 0 Å². The summed E-state index contributed by atoms with van der Waals surface area (Å²) in [6.45, 7) is 1.83. The second-order valence-corrected chi connectivity index (χ2v) is 5.24. The molecule has 0 saturated heterocycles. The number of carbonyl (C=O) groups excluding carboxylic acids is 1. The number of nitrogens with zero attached hydrogens (tertiary/aromatic N) is 3. The van der Waals surface area contributed by atoms with Gasteiger partial charge in [0.05, 0.1) is 5.69 Å². The van der Waals surface area contributed by atoms with Gasteiger partial charge in [-0.2, -0.15) is 13.5 Å². The second kappa shape index (κ2) is 9.75. The van der Waals surface area contributed by atoms with Gasteiger partial charge in [0.1, 0.15) is 6.61 Å². The summed E-state index contributed by atoms with van der Waals surface area (Å²) in [5.74, 6) is -0.0466. The van der Waals surface area contributed by atoms with E-state index in [-0.39, 0.29) is 25.8 Å². The normalized spacial score (nSPS) is 11.6. The van der Waals surface area contributed by atoms with E-state index in [0.717, 1.165) is 5.69 Å². The van der Waals surface area contributed by atoms with E-state index in [1.54, 1.807) is 42.1 Å². The summed E-state index contributed by atoms with van der Waals surface area (Å²) in [5.41, 5.74) is 1.29. The Labute approximate surface area is 157 Å². The van der Waals surface area contributed by atoms with Crippen molar-refractivity contribution in [2.75, 3.05) is 13.7 Å². The van der Waals surface area contributed by atoms with Crippen LogP contribution < -0.4 is 10.1 Å². The number of carbonyl (C=O) groups is 1. The maximum atomic E-state index is 11.5. The third kappa shape index (κ3) is 5.54. The number of amides is 1. The Bertz CT molecular complexity index is 772. The summed E-state index contributed by atoms with van der Waals surface area (Å²) in [5, 5.41) is 19.2. The van der Waals surface area contributed by atoms with Gasteiger partial charge >= 0.3 is 0 Å². The first-order chi connectivity index (χ1) is 11.5. The lowest BCUT2D eigenvalue weighted by Crippen LogP contribution is -2.28. The molecule has 0 aliphatic carbocycles. The van der Waals surface area contributed by atoms with Gasteiger partial charge in [0.15, 0.2) is 5.71 Å². The molecule has 1 aromatic heterocycles. The van der Waals surface area contributed by atoms with Crippen LogP contribution in [-0.4, -0.2) is 40.3 Å². The molecule has 2 aromatic rings. The standard InChI is InChI=1S/C16H17ClN4O3.H2S/c1-11(15(20-23)16(22)18-2)8-10-24-14-7-9-21(19-14)13-5-3-12(17)4-6-13;/h3-9,23H,10H2,1-2H3,(H,18,22);1H2/b11-8-,20-15+;. The highest BCUT2D eigenvalue weighted by molar-refractivity contribution is 7.59. The number of halogens is 1. The van der Waals surface area contributed by atoms with Gasteiger partial charge in [-0.3, -0.25) is 4.79 Å². The largest absolute Gasteiger partial charge is 0.472 e. The van der Waals surface area contributed by atoms with E-state index in [2.05, 4.69) is 15.6 Å². The summed E-state index contributed by atoms with van der Waals surface area (Å²) in [6.07, 6.45) is 3.39.